The van der Waals surface area contributed by atoms with E-state index in [-0.39, 0.29) is 24.3 Å². The molecule has 1 fully saturated rings. The van der Waals surface area contributed by atoms with Gasteiger partial charge in [-0.1, -0.05) is 25.7 Å². The topological polar surface area (TPSA) is 86.4 Å². The predicted molar refractivity (Wildman–Crippen MR) is 90.0 cm³/mol. The molecule has 0 bridgehead atoms. The third-order valence-electron chi connectivity index (χ3n) is 4.29. The molecule has 1 saturated carbocycles. The Hall–Kier alpha value is -2.57. The lowest BCUT2D eigenvalue weighted by Gasteiger charge is -2.15. The van der Waals surface area contributed by atoms with Gasteiger partial charge in [-0.3, -0.25) is 9.48 Å². The van der Waals surface area contributed by atoms with Gasteiger partial charge >= 0.3 is 5.97 Å². The normalized spacial score (nSPS) is 15.5. The molecular weight excluding hydrogens is 322 g/mol. The van der Waals surface area contributed by atoms with E-state index in [0.29, 0.717) is 12.3 Å². The summed E-state index contributed by atoms with van der Waals surface area (Å²) in [6.45, 7) is 0.146. The molecule has 134 valence electrons. The average Bonchev–Trinajstić information content (AvgIpc) is 3.22. The molecule has 2 heterocycles. The van der Waals surface area contributed by atoms with Crippen LogP contribution in [0.1, 0.15) is 54.8 Å². The third kappa shape index (κ3) is 5.20. The molecule has 0 radical (unpaired) electrons. The smallest absolute Gasteiger partial charge is 0.374 e. The molecule has 0 saturated heterocycles. The summed E-state index contributed by atoms with van der Waals surface area (Å²) in [6, 6.07) is 5.25. The highest BCUT2D eigenvalue weighted by Gasteiger charge is 2.18. The molecule has 0 spiro atoms. The van der Waals surface area contributed by atoms with Crippen LogP contribution in [0.15, 0.2) is 35.0 Å². The van der Waals surface area contributed by atoms with Gasteiger partial charge in [0.25, 0.3) is 5.91 Å². The number of carbonyl (C=O) groups is 2. The molecule has 2 aromatic heterocycles. The lowest BCUT2D eigenvalue weighted by atomic mass is 10.1. The molecule has 25 heavy (non-hydrogen) atoms. The number of aromatic nitrogens is 2. The summed E-state index contributed by atoms with van der Waals surface area (Å²) in [5.74, 6) is -0.214. The van der Waals surface area contributed by atoms with Crippen LogP contribution in [-0.4, -0.2) is 34.3 Å². The van der Waals surface area contributed by atoms with Crippen molar-refractivity contribution in [2.24, 2.45) is 0 Å². The standard InChI is InChI=1S/C18H23N3O4/c22-17(20-14-6-3-1-2-4-7-14)13-24-18(23)16-9-8-15(25-16)12-21-11-5-10-19-21/h5,8-11,14H,1-4,6-7,12-13H2,(H,20,22). The second kappa shape index (κ2) is 8.50. The van der Waals surface area contributed by atoms with Crippen LogP contribution in [0.4, 0.5) is 0 Å². The van der Waals surface area contributed by atoms with Crippen molar-refractivity contribution in [2.75, 3.05) is 6.61 Å². The quantitative estimate of drug-likeness (QED) is 0.642. The van der Waals surface area contributed by atoms with E-state index in [9.17, 15) is 9.59 Å². The van der Waals surface area contributed by atoms with Crippen molar-refractivity contribution in [3.05, 3.63) is 42.1 Å². The van der Waals surface area contributed by atoms with Gasteiger partial charge < -0.3 is 14.5 Å². The first-order chi connectivity index (χ1) is 12.2. The molecule has 1 N–H and O–H groups in total. The molecule has 0 aromatic carbocycles. The summed E-state index contributed by atoms with van der Waals surface area (Å²) in [5.41, 5.74) is 0. The molecule has 3 rings (SSSR count). The van der Waals surface area contributed by atoms with Gasteiger partial charge in [0.15, 0.2) is 6.61 Å². The summed E-state index contributed by atoms with van der Waals surface area (Å²) < 4.78 is 12.2. The van der Waals surface area contributed by atoms with Gasteiger partial charge in [-0.05, 0) is 31.0 Å². The number of carbonyl (C=O) groups excluding carboxylic acids is 2. The number of hydrogen-bond donors (Lipinski definition) is 1. The number of esters is 1. The Labute approximate surface area is 146 Å². The van der Waals surface area contributed by atoms with Crippen LogP contribution < -0.4 is 5.32 Å². The molecule has 1 amide bonds. The lowest BCUT2D eigenvalue weighted by molar-refractivity contribution is -0.125. The van der Waals surface area contributed by atoms with Gasteiger partial charge in [0.1, 0.15) is 5.76 Å². The number of amides is 1. The van der Waals surface area contributed by atoms with E-state index >= 15 is 0 Å². The predicted octanol–water partition coefficient (Wildman–Crippen LogP) is 2.52. The van der Waals surface area contributed by atoms with Crippen molar-refractivity contribution in [1.29, 1.82) is 0 Å². The molecule has 7 nitrogen and oxygen atoms in total. The zero-order valence-corrected chi connectivity index (χ0v) is 14.1. The molecule has 7 heteroatoms. The minimum absolute atomic E-state index is 0.0874. The summed E-state index contributed by atoms with van der Waals surface area (Å²) in [6.07, 6.45) is 10.2. The maximum absolute atomic E-state index is 12.0. The second-order valence-corrected chi connectivity index (χ2v) is 6.30. The van der Waals surface area contributed by atoms with Crippen molar-refractivity contribution in [3.8, 4) is 0 Å². The van der Waals surface area contributed by atoms with E-state index in [1.54, 1.807) is 29.2 Å². The van der Waals surface area contributed by atoms with Crippen LogP contribution in [-0.2, 0) is 16.1 Å². The fourth-order valence-electron chi connectivity index (χ4n) is 3.02. The highest BCUT2D eigenvalue weighted by Crippen LogP contribution is 2.17. The molecule has 0 atom stereocenters. The first kappa shape index (κ1) is 17.3. The van der Waals surface area contributed by atoms with Crippen molar-refractivity contribution in [3.63, 3.8) is 0 Å². The van der Waals surface area contributed by atoms with Gasteiger partial charge in [-0.2, -0.15) is 5.10 Å². The summed E-state index contributed by atoms with van der Waals surface area (Å²) in [4.78, 5) is 23.9. The van der Waals surface area contributed by atoms with E-state index < -0.39 is 5.97 Å². The van der Waals surface area contributed by atoms with E-state index in [4.69, 9.17) is 9.15 Å². The van der Waals surface area contributed by atoms with Crippen LogP contribution in [0.25, 0.3) is 0 Å². The number of hydrogen-bond acceptors (Lipinski definition) is 5. The average molecular weight is 345 g/mol. The summed E-state index contributed by atoms with van der Waals surface area (Å²) in [5, 5.41) is 7.02. The van der Waals surface area contributed by atoms with Crippen molar-refractivity contribution in [1.82, 2.24) is 15.1 Å². The van der Waals surface area contributed by atoms with Gasteiger partial charge in [0.2, 0.25) is 5.76 Å². The molecule has 2 aromatic rings. The molecule has 1 aliphatic carbocycles. The van der Waals surface area contributed by atoms with E-state index in [1.165, 1.54) is 12.8 Å². The second-order valence-electron chi connectivity index (χ2n) is 6.30. The first-order valence-electron chi connectivity index (χ1n) is 8.73. The minimum Gasteiger partial charge on any atom is -0.452 e. The number of furan rings is 1. The molecule has 0 aliphatic heterocycles. The Balaban J connectivity index is 1.44. The lowest BCUT2D eigenvalue weighted by Crippen LogP contribution is -2.37. The van der Waals surface area contributed by atoms with Crippen LogP contribution in [0, 0.1) is 0 Å². The van der Waals surface area contributed by atoms with E-state index in [0.717, 1.165) is 25.7 Å². The number of nitrogens with one attached hydrogen (secondary N) is 1. The Morgan fingerprint density at radius 3 is 2.76 bits per heavy atom. The van der Waals surface area contributed by atoms with Crippen LogP contribution in [0.3, 0.4) is 0 Å². The maximum Gasteiger partial charge on any atom is 0.374 e. The number of ether oxygens (including phenoxy) is 1. The molecular formula is C18H23N3O4. The number of rotatable bonds is 6. The van der Waals surface area contributed by atoms with Crippen molar-refractivity contribution >= 4 is 11.9 Å². The molecule has 0 unspecified atom stereocenters. The zero-order valence-electron chi connectivity index (χ0n) is 14.1. The van der Waals surface area contributed by atoms with E-state index in [1.807, 2.05) is 6.07 Å². The van der Waals surface area contributed by atoms with Crippen LogP contribution in [0.5, 0.6) is 0 Å². The number of nitrogens with zero attached hydrogens (tertiary/aromatic N) is 2. The molecule has 1 aliphatic rings. The maximum atomic E-state index is 12.0. The fourth-order valence-corrected chi connectivity index (χ4v) is 3.02. The SMILES string of the molecule is O=C(COC(=O)c1ccc(Cn2cccn2)o1)NC1CCCCCC1. The Bertz CT molecular complexity index is 685. The van der Waals surface area contributed by atoms with Crippen molar-refractivity contribution in [2.45, 2.75) is 51.1 Å². The van der Waals surface area contributed by atoms with E-state index in [2.05, 4.69) is 10.4 Å². The first-order valence-corrected chi connectivity index (χ1v) is 8.73. The monoisotopic (exact) mass is 345 g/mol. The largest absolute Gasteiger partial charge is 0.452 e. The fraction of sp³-hybridized carbons (Fsp3) is 0.500. The summed E-state index contributed by atoms with van der Waals surface area (Å²) in [7, 11) is 0. The van der Waals surface area contributed by atoms with Crippen molar-refractivity contribution < 1.29 is 18.7 Å². The minimum atomic E-state index is -0.636. The van der Waals surface area contributed by atoms with Gasteiger partial charge in [-0.25, -0.2) is 4.79 Å². The van der Waals surface area contributed by atoms with Gasteiger partial charge in [-0.15, -0.1) is 0 Å². The highest BCUT2D eigenvalue weighted by molar-refractivity contribution is 5.88. The van der Waals surface area contributed by atoms with Gasteiger partial charge in [0.05, 0.1) is 6.54 Å². The van der Waals surface area contributed by atoms with Gasteiger partial charge in [0, 0.05) is 18.4 Å². The summed E-state index contributed by atoms with van der Waals surface area (Å²) >= 11 is 0. The Kier molecular flexibility index (Phi) is 5.87. The van der Waals surface area contributed by atoms with Crippen LogP contribution in [0.2, 0.25) is 0 Å². The zero-order chi connectivity index (χ0) is 17.5. The Morgan fingerprint density at radius 2 is 2.04 bits per heavy atom. The highest BCUT2D eigenvalue weighted by atomic mass is 16.5. The Morgan fingerprint density at radius 1 is 1.24 bits per heavy atom. The van der Waals surface area contributed by atoms with Crippen LogP contribution >= 0.6 is 0 Å². The third-order valence-corrected chi connectivity index (χ3v) is 4.29.